The molecule has 2 atom stereocenters. The van der Waals surface area contributed by atoms with Crippen LogP contribution in [0.3, 0.4) is 0 Å². The van der Waals surface area contributed by atoms with Gasteiger partial charge in [-0.25, -0.2) is 4.79 Å². The molecule has 0 spiro atoms. The second kappa shape index (κ2) is 6.90. The first kappa shape index (κ1) is 16.9. The van der Waals surface area contributed by atoms with Gasteiger partial charge in [0.1, 0.15) is 6.54 Å². The third kappa shape index (κ3) is 3.29. The Hall–Kier alpha value is -1.93. The molecule has 2 unspecified atom stereocenters. The Labute approximate surface area is 139 Å². The van der Waals surface area contributed by atoms with Gasteiger partial charge < -0.3 is 10.0 Å². The number of carbonyl (C=O) groups excluding carboxylic acids is 1. The lowest BCUT2D eigenvalue weighted by molar-refractivity contribution is -0.134. The molecule has 1 N–H and O–H groups in total. The fourth-order valence-electron chi connectivity index (χ4n) is 3.63. The number of aromatic nitrogens is 2. The maximum absolute atomic E-state index is 12.4. The van der Waals surface area contributed by atoms with Crippen molar-refractivity contribution in [3.05, 3.63) is 33.1 Å². The van der Waals surface area contributed by atoms with Crippen LogP contribution in [-0.4, -0.2) is 68.3 Å². The summed E-state index contributed by atoms with van der Waals surface area (Å²) in [6.45, 7) is 2.63. The molecule has 1 aliphatic carbocycles. The van der Waals surface area contributed by atoms with Crippen molar-refractivity contribution < 1.29 is 9.90 Å². The predicted octanol–water partition coefficient (Wildman–Crippen LogP) is -1.40. The standard InChI is InChI=1S/C16H24N4O4/c1-17-14(22)5-6-20(16(17)24)11-15(23)19-9-7-18(8-10-19)12-3-2-4-13(12)21/h5-6,12-13,21H,2-4,7-11H2,1H3. The highest BCUT2D eigenvalue weighted by molar-refractivity contribution is 5.76. The lowest BCUT2D eigenvalue weighted by Crippen LogP contribution is -2.54. The minimum absolute atomic E-state index is 0.0565. The van der Waals surface area contributed by atoms with E-state index in [1.807, 2.05) is 0 Å². The summed E-state index contributed by atoms with van der Waals surface area (Å²) in [6, 6.07) is 1.50. The van der Waals surface area contributed by atoms with Gasteiger partial charge in [0.15, 0.2) is 0 Å². The van der Waals surface area contributed by atoms with Crippen molar-refractivity contribution in [3.8, 4) is 0 Å². The predicted molar refractivity (Wildman–Crippen MR) is 87.7 cm³/mol. The smallest absolute Gasteiger partial charge is 0.331 e. The number of carbonyl (C=O) groups is 1. The number of nitrogens with zero attached hydrogens (tertiary/aromatic N) is 4. The lowest BCUT2D eigenvalue weighted by Gasteiger charge is -2.39. The minimum Gasteiger partial charge on any atom is -0.391 e. The van der Waals surface area contributed by atoms with Crippen LogP contribution in [0.15, 0.2) is 21.9 Å². The van der Waals surface area contributed by atoms with E-state index < -0.39 is 5.69 Å². The van der Waals surface area contributed by atoms with E-state index in [2.05, 4.69) is 4.90 Å². The highest BCUT2D eigenvalue weighted by Crippen LogP contribution is 2.25. The number of aliphatic hydroxyl groups is 1. The molecule has 1 aromatic heterocycles. The summed E-state index contributed by atoms with van der Waals surface area (Å²) in [5.74, 6) is -0.123. The molecule has 24 heavy (non-hydrogen) atoms. The van der Waals surface area contributed by atoms with Crippen LogP contribution in [-0.2, 0) is 18.4 Å². The molecule has 1 saturated carbocycles. The molecule has 1 amide bonds. The van der Waals surface area contributed by atoms with Crippen molar-refractivity contribution in [2.45, 2.75) is 38.0 Å². The quantitative estimate of drug-likeness (QED) is 0.734. The van der Waals surface area contributed by atoms with Gasteiger partial charge in [-0.15, -0.1) is 0 Å². The van der Waals surface area contributed by atoms with Gasteiger partial charge in [0.25, 0.3) is 5.56 Å². The highest BCUT2D eigenvalue weighted by atomic mass is 16.3. The first-order valence-corrected chi connectivity index (χ1v) is 8.44. The molecule has 1 aromatic rings. The van der Waals surface area contributed by atoms with Gasteiger partial charge in [-0.2, -0.15) is 0 Å². The molecular weight excluding hydrogens is 312 g/mol. The average Bonchev–Trinajstić information content (AvgIpc) is 3.01. The third-order valence-corrected chi connectivity index (χ3v) is 5.15. The molecule has 8 nitrogen and oxygen atoms in total. The van der Waals surface area contributed by atoms with Crippen molar-refractivity contribution in [1.82, 2.24) is 18.9 Å². The van der Waals surface area contributed by atoms with E-state index in [-0.39, 0.29) is 30.2 Å². The molecular formula is C16H24N4O4. The van der Waals surface area contributed by atoms with Gasteiger partial charge >= 0.3 is 5.69 Å². The summed E-state index contributed by atoms with van der Waals surface area (Å²) in [7, 11) is 1.40. The van der Waals surface area contributed by atoms with Gasteiger partial charge in [0.05, 0.1) is 6.10 Å². The fraction of sp³-hybridized carbons (Fsp3) is 0.688. The summed E-state index contributed by atoms with van der Waals surface area (Å²) in [6.07, 6.45) is 4.05. The normalized spacial score (nSPS) is 25.2. The summed E-state index contributed by atoms with van der Waals surface area (Å²) >= 11 is 0. The number of amides is 1. The molecule has 2 fully saturated rings. The Morgan fingerprint density at radius 3 is 2.54 bits per heavy atom. The van der Waals surface area contributed by atoms with Gasteiger partial charge in [0, 0.05) is 51.5 Å². The third-order valence-electron chi connectivity index (χ3n) is 5.15. The average molecular weight is 336 g/mol. The number of rotatable bonds is 3. The molecule has 1 saturated heterocycles. The van der Waals surface area contributed by atoms with Crippen molar-refractivity contribution in [2.75, 3.05) is 26.2 Å². The zero-order valence-corrected chi connectivity index (χ0v) is 13.9. The monoisotopic (exact) mass is 336 g/mol. The Bertz CT molecular complexity index is 718. The van der Waals surface area contributed by atoms with Crippen molar-refractivity contribution in [2.24, 2.45) is 7.05 Å². The van der Waals surface area contributed by atoms with Crippen molar-refractivity contribution >= 4 is 5.91 Å². The van der Waals surface area contributed by atoms with Crippen LogP contribution < -0.4 is 11.2 Å². The Kier molecular flexibility index (Phi) is 4.86. The Morgan fingerprint density at radius 2 is 1.92 bits per heavy atom. The second-order valence-electron chi connectivity index (χ2n) is 6.61. The van der Waals surface area contributed by atoms with Crippen LogP contribution in [0.5, 0.6) is 0 Å². The summed E-state index contributed by atoms with van der Waals surface area (Å²) < 4.78 is 2.25. The molecule has 0 radical (unpaired) electrons. The number of piperazine rings is 1. The lowest BCUT2D eigenvalue weighted by atomic mass is 10.1. The molecule has 3 rings (SSSR count). The van der Waals surface area contributed by atoms with Crippen LogP contribution in [0.4, 0.5) is 0 Å². The SMILES string of the molecule is Cn1c(=O)ccn(CC(=O)N2CCN(C3CCCC3O)CC2)c1=O. The largest absolute Gasteiger partial charge is 0.391 e. The molecule has 2 heterocycles. The van der Waals surface area contributed by atoms with Crippen LogP contribution in [0.1, 0.15) is 19.3 Å². The second-order valence-corrected chi connectivity index (χ2v) is 6.61. The zero-order chi connectivity index (χ0) is 17.3. The van der Waals surface area contributed by atoms with Gasteiger partial charge in [-0.05, 0) is 19.3 Å². The minimum atomic E-state index is -0.483. The van der Waals surface area contributed by atoms with Crippen LogP contribution in [0.2, 0.25) is 0 Å². The summed E-state index contributed by atoms with van der Waals surface area (Å²) in [4.78, 5) is 39.8. The molecule has 1 aliphatic heterocycles. The maximum atomic E-state index is 12.4. The molecule has 0 bridgehead atoms. The molecule has 0 aromatic carbocycles. The Balaban J connectivity index is 1.59. The number of hydrogen-bond donors (Lipinski definition) is 1. The van der Waals surface area contributed by atoms with E-state index in [4.69, 9.17) is 0 Å². The molecule has 132 valence electrons. The van der Waals surface area contributed by atoms with E-state index in [0.29, 0.717) is 13.1 Å². The van der Waals surface area contributed by atoms with E-state index in [1.165, 1.54) is 23.9 Å². The zero-order valence-electron chi connectivity index (χ0n) is 13.9. The van der Waals surface area contributed by atoms with Crippen molar-refractivity contribution in [1.29, 1.82) is 0 Å². The van der Waals surface area contributed by atoms with Gasteiger partial charge in [0.2, 0.25) is 5.91 Å². The molecule has 8 heteroatoms. The van der Waals surface area contributed by atoms with Crippen LogP contribution in [0.25, 0.3) is 0 Å². The maximum Gasteiger partial charge on any atom is 0.331 e. The number of hydrogen-bond acceptors (Lipinski definition) is 5. The molecule has 2 aliphatic rings. The van der Waals surface area contributed by atoms with E-state index in [9.17, 15) is 19.5 Å². The fourth-order valence-corrected chi connectivity index (χ4v) is 3.63. The number of aliphatic hydroxyl groups excluding tert-OH is 1. The van der Waals surface area contributed by atoms with Crippen LogP contribution >= 0.6 is 0 Å². The first-order chi connectivity index (χ1) is 11.5. The van der Waals surface area contributed by atoms with E-state index in [0.717, 1.165) is 36.9 Å². The van der Waals surface area contributed by atoms with Gasteiger partial charge in [-0.1, -0.05) is 0 Å². The Morgan fingerprint density at radius 1 is 1.21 bits per heavy atom. The van der Waals surface area contributed by atoms with Crippen molar-refractivity contribution in [3.63, 3.8) is 0 Å². The summed E-state index contributed by atoms with van der Waals surface area (Å²) in [5, 5.41) is 10.0. The van der Waals surface area contributed by atoms with Gasteiger partial charge in [-0.3, -0.25) is 23.6 Å². The van der Waals surface area contributed by atoms with E-state index >= 15 is 0 Å². The topological polar surface area (TPSA) is 87.8 Å². The van der Waals surface area contributed by atoms with Crippen LogP contribution in [0, 0.1) is 0 Å². The van der Waals surface area contributed by atoms with E-state index in [1.54, 1.807) is 4.90 Å². The first-order valence-electron chi connectivity index (χ1n) is 8.44. The highest BCUT2D eigenvalue weighted by Gasteiger charge is 2.33. The summed E-state index contributed by atoms with van der Waals surface area (Å²) in [5.41, 5.74) is -0.865.